The van der Waals surface area contributed by atoms with Crippen LogP contribution >= 0.6 is 11.3 Å². The molecule has 88 valence electrons. The van der Waals surface area contributed by atoms with E-state index < -0.39 is 0 Å². The lowest BCUT2D eigenvalue weighted by Crippen LogP contribution is -2.34. The van der Waals surface area contributed by atoms with Crippen molar-refractivity contribution in [1.82, 2.24) is 15.0 Å². The summed E-state index contributed by atoms with van der Waals surface area (Å²) in [6, 6.07) is 1.98. The van der Waals surface area contributed by atoms with Gasteiger partial charge in [-0.05, 0) is 18.9 Å². The second-order valence-corrected chi connectivity index (χ2v) is 5.15. The summed E-state index contributed by atoms with van der Waals surface area (Å²) in [5, 5.41) is 3.31. The van der Waals surface area contributed by atoms with Crippen LogP contribution in [0.4, 0.5) is 5.82 Å². The molecule has 0 spiro atoms. The molecule has 0 saturated carbocycles. The molecule has 4 nitrogen and oxygen atoms in total. The first-order chi connectivity index (χ1) is 8.43. The molecular formula is C12H14N4S. The van der Waals surface area contributed by atoms with Crippen molar-refractivity contribution in [3.63, 3.8) is 0 Å². The zero-order valence-electron chi connectivity index (χ0n) is 9.49. The van der Waals surface area contributed by atoms with Gasteiger partial charge in [-0.3, -0.25) is 0 Å². The lowest BCUT2D eigenvalue weighted by molar-refractivity contribution is 0.505. The van der Waals surface area contributed by atoms with Gasteiger partial charge in [-0.25, -0.2) is 15.0 Å². The first-order valence-electron chi connectivity index (χ1n) is 5.84. The second kappa shape index (κ2) is 4.79. The fourth-order valence-electron chi connectivity index (χ4n) is 2.29. The summed E-state index contributed by atoms with van der Waals surface area (Å²) in [7, 11) is 0. The van der Waals surface area contributed by atoms with E-state index in [2.05, 4.69) is 25.2 Å². The number of anilines is 1. The Morgan fingerprint density at radius 1 is 1.29 bits per heavy atom. The third-order valence-corrected chi connectivity index (χ3v) is 4.05. The Labute approximate surface area is 104 Å². The first-order valence-corrected chi connectivity index (χ1v) is 6.72. The molecule has 0 N–H and O–H groups in total. The van der Waals surface area contributed by atoms with Crippen LogP contribution in [-0.4, -0.2) is 28.0 Å². The summed E-state index contributed by atoms with van der Waals surface area (Å²) in [6.07, 6.45) is 7.74. The summed E-state index contributed by atoms with van der Waals surface area (Å²) < 4.78 is 0. The lowest BCUT2D eigenvalue weighted by atomic mass is 9.99. The van der Waals surface area contributed by atoms with Crippen LogP contribution in [0.15, 0.2) is 30.2 Å². The van der Waals surface area contributed by atoms with Gasteiger partial charge in [0.25, 0.3) is 0 Å². The average Bonchev–Trinajstić information content (AvgIpc) is 2.94. The van der Waals surface area contributed by atoms with Crippen molar-refractivity contribution in [2.45, 2.75) is 18.8 Å². The number of rotatable bonds is 2. The average molecular weight is 246 g/mol. The summed E-state index contributed by atoms with van der Waals surface area (Å²) in [5.41, 5.74) is 0. The van der Waals surface area contributed by atoms with Gasteiger partial charge in [0.1, 0.15) is 12.1 Å². The maximum atomic E-state index is 4.43. The van der Waals surface area contributed by atoms with E-state index in [9.17, 15) is 0 Å². The molecule has 3 heterocycles. The van der Waals surface area contributed by atoms with Crippen LogP contribution in [0, 0.1) is 0 Å². The monoisotopic (exact) mass is 246 g/mol. The third-order valence-electron chi connectivity index (χ3n) is 3.11. The predicted octanol–water partition coefficient (Wildman–Crippen LogP) is 2.32. The van der Waals surface area contributed by atoms with E-state index in [1.165, 1.54) is 17.8 Å². The summed E-state index contributed by atoms with van der Waals surface area (Å²) >= 11 is 1.76. The minimum absolute atomic E-state index is 0.554. The molecule has 1 fully saturated rings. The number of nitrogens with zero attached hydrogens (tertiary/aromatic N) is 4. The van der Waals surface area contributed by atoms with Gasteiger partial charge < -0.3 is 4.90 Å². The largest absolute Gasteiger partial charge is 0.356 e. The van der Waals surface area contributed by atoms with Crippen molar-refractivity contribution < 1.29 is 0 Å². The van der Waals surface area contributed by atoms with E-state index in [0.29, 0.717) is 5.92 Å². The van der Waals surface area contributed by atoms with Crippen molar-refractivity contribution in [3.05, 3.63) is 35.2 Å². The number of hydrogen-bond acceptors (Lipinski definition) is 5. The number of thiazole rings is 1. The van der Waals surface area contributed by atoms with Crippen molar-refractivity contribution in [3.8, 4) is 0 Å². The van der Waals surface area contributed by atoms with E-state index in [0.717, 1.165) is 18.9 Å². The Morgan fingerprint density at radius 3 is 3.06 bits per heavy atom. The minimum Gasteiger partial charge on any atom is -0.356 e. The standard InChI is InChI=1S/C12H14N4S/c1-2-10(12-14-5-7-17-12)8-16(6-1)11-3-4-13-9-15-11/h3-5,7,9-10H,1-2,6,8H2/t10-/m0/s1. The van der Waals surface area contributed by atoms with Crippen molar-refractivity contribution in [2.75, 3.05) is 18.0 Å². The molecule has 2 aromatic rings. The highest BCUT2D eigenvalue weighted by molar-refractivity contribution is 7.09. The molecule has 1 atom stereocenters. The molecule has 2 aromatic heterocycles. The number of piperidine rings is 1. The van der Waals surface area contributed by atoms with E-state index in [1.54, 1.807) is 23.9 Å². The highest BCUT2D eigenvalue weighted by Crippen LogP contribution is 2.29. The molecule has 0 radical (unpaired) electrons. The fraction of sp³-hybridized carbons (Fsp3) is 0.417. The van der Waals surface area contributed by atoms with Crippen LogP contribution in [0.2, 0.25) is 0 Å². The third kappa shape index (κ3) is 2.29. The van der Waals surface area contributed by atoms with Crippen LogP contribution in [-0.2, 0) is 0 Å². The van der Waals surface area contributed by atoms with Gasteiger partial charge in [0.15, 0.2) is 0 Å². The zero-order valence-corrected chi connectivity index (χ0v) is 10.3. The lowest BCUT2D eigenvalue weighted by Gasteiger charge is -2.32. The highest BCUT2D eigenvalue weighted by atomic mass is 32.1. The molecule has 17 heavy (non-hydrogen) atoms. The van der Waals surface area contributed by atoms with Crippen molar-refractivity contribution in [2.24, 2.45) is 0 Å². The molecule has 0 amide bonds. The van der Waals surface area contributed by atoms with E-state index in [4.69, 9.17) is 0 Å². The fourth-order valence-corrected chi connectivity index (χ4v) is 3.06. The van der Waals surface area contributed by atoms with Gasteiger partial charge >= 0.3 is 0 Å². The van der Waals surface area contributed by atoms with Gasteiger partial charge in [-0.2, -0.15) is 0 Å². The molecule has 0 aromatic carbocycles. The van der Waals surface area contributed by atoms with Crippen LogP contribution in [0.25, 0.3) is 0 Å². The Kier molecular flexibility index (Phi) is 3.00. The molecule has 0 unspecified atom stereocenters. The summed E-state index contributed by atoms with van der Waals surface area (Å²) in [6.45, 7) is 2.10. The molecular weight excluding hydrogens is 232 g/mol. The van der Waals surface area contributed by atoms with Crippen LogP contribution in [0.5, 0.6) is 0 Å². The van der Waals surface area contributed by atoms with Crippen LogP contribution < -0.4 is 4.90 Å². The second-order valence-electron chi connectivity index (χ2n) is 4.22. The quantitative estimate of drug-likeness (QED) is 0.815. The summed E-state index contributed by atoms with van der Waals surface area (Å²) in [4.78, 5) is 15.0. The predicted molar refractivity (Wildman–Crippen MR) is 68.3 cm³/mol. The highest BCUT2D eigenvalue weighted by Gasteiger charge is 2.23. The Hall–Kier alpha value is -1.49. The van der Waals surface area contributed by atoms with Crippen molar-refractivity contribution in [1.29, 1.82) is 0 Å². The Balaban J connectivity index is 1.76. The summed E-state index contributed by atoms with van der Waals surface area (Å²) in [5.74, 6) is 1.58. The Bertz CT molecular complexity index is 457. The van der Waals surface area contributed by atoms with E-state index in [1.807, 2.05) is 12.3 Å². The van der Waals surface area contributed by atoms with Crippen LogP contribution in [0.3, 0.4) is 0 Å². The van der Waals surface area contributed by atoms with Gasteiger partial charge in [0.05, 0.1) is 5.01 Å². The molecule has 1 aliphatic rings. The maximum Gasteiger partial charge on any atom is 0.131 e. The number of aromatic nitrogens is 3. The van der Waals surface area contributed by atoms with Gasteiger partial charge in [-0.1, -0.05) is 0 Å². The molecule has 0 bridgehead atoms. The van der Waals surface area contributed by atoms with Crippen molar-refractivity contribution >= 4 is 17.2 Å². The van der Waals surface area contributed by atoms with Gasteiger partial charge in [0.2, 0.25) is 0 Å². The molecule has 0 aliphatic carbocycles. The molecule has 5 heteroatoms. The zero-order chi connectivity index (χ0) is 11.5. The smallest absolute Gasteiger partial charge is 0.131 e. The first kappa shape index (κ1) is 10.7. The van der Waals surface area contributed by atoms with Gasteiger partial charge in [-0.15, -0.1) is 11.3 Å². The number of hydrogen-bond donors (Lipinski definition) is 0. The van der Waals surface area contributed by atoms with E-state index in [-0.39, 0.29) is 0 Å². The SMILES string of the molecule is c1cc(N2CCC[C@H](c3nccs3)C2)ncn1. The minimum atomic E-state index is 0.554. The molecule has 1 aliphatic heterocycles. The molecule has 3 rings (SSSR count). The maximum absolute atomic E-state index is 4.43. The normalized spacial score (nSPS) is 20.5. The molecule has 1 saturated heterocycles. The van der Waals surface area contributed by atoms with Gasteiger partial charge in [0, 0.05) is 36.8 Å². The Morgan fingerprint density at radius 2 is 2.29 bits per heavy atom. The topological polar surface area (TPSA) is 41.9 Å². The van der Waals surface area contributed by atoms with Crippen LogP contribution in [0.1, 0.15) is 23.8 Å². The van der Waals surface area contributed by atoms with E-state index >= 15 is 0 Å².